The number of nitrogens with one attached hydrogen (secondary N) is 1. The minimum Gasteiger partial charge on any atom is -0.465 e. The number of nitrogens with zero attached hydrogens (tertiary/aromatic N) is 1. The van der Waals surface area contributed by atoms with Gasteiger partial charge in [0.1, 0.15) is 5.82 Å². The van der Waals surface area contributed by atoms with Crippen LogP contribution in [0, 0.1) is 5.82 Å². The van der Waals surface area contributed by atoms with Gasteiger partial charge in [-0.25, -0.2) is 9.18 Å². The highest BCUT2D eigenvalue weighted by Gasteiger charge is 2.40. The van der Waals surface area contributed by atoms with Crippen LogP contribution >= 0.6 is 0 Å². The van der Waals surface area contributed by atoms with Gasteiger partial charge in [-0.3, -0.25) is 0 Å². The fraction of sp³-hybridized carbons (Fsp3) is 0.500. The van der Waals surface area contributed by atoms with Crippen LogP contribution in [0.4, 0.5) is 20.6 Å². The number of halogens is 1. The predicted molar refractivity (Wildman–Crippen MR) is 140 cm³/mol. The van der Waals surface area contributed by atoms with Gasteiger partial charge in [0.25, 0.3) is 0 Å². The number of hydrogen-bond acceptors (Lipinski definition) is 4. The third-order valence-electron chi connectivity index (χ3n) is 6.59. The number of unbranched alkanes of at least 4 members (excludes halogenated alkanes) is 1. The molecule has 1 atom stereocenters. The molecule has 0 aromatic heterocycles. The van der Waals surface area contributed by atoms with Crippen molar-refractivity contribution in [3.8, 4) is 0 Å². The number of hydrogen-bond donors (Lipinski definition) is 3. The average Bonchev–Trinajstić information content (AvgIpc) is 2.73. The molecule has 2 aromatic rings. The van der Waals surface area contributed by atoms with Gasteiger partial charge in [-0.1, -0.05) is 51.1 Å². The molecule has 0 saturated heterocycles. The maximum atomic E-state index is 14.9. The molecule has 1 amide bonds. The lowest BCUT2D eigenvalue weighted by Gasteiger charge is -2.40. The average molecular weight is 490 g/mol. The van der Waals surface area contributed by atoms with E-state index in [1.54, 1.807) is 0 Å². The van der Waals surface area contributed by atoms with Gasteiger partial charge in [0.05, 0.1) is 17.5 Å². The summed E-state index contributed by atoms with van der Waals surface area (Å²) in [6, 6.07) is 12.9. The quantitative estimate of drug-likeness (QED) is 0.189. The Morgan fingerprint density at radius 1 is 1.21 bits per heavy atom. The molecule has 0 fully saturated rings. The number of amides is 1. The maximum absolute atomic E-state index is 14.9. The highest BCUT2D eigenvalue weighted by Crippen LogP contribution is 2.43. The molecular weight excluding hydrogens is 449 g/mol. The molecule has 4 N–H and O–H groups in total. The predicted octanol–water partition coefficient (Wildman–Crippen LogP) is 6.55. The summed E-state index contributed by atoms with van der Waals surface area (Å²) in [7, 11) is -0.278. The van der Waals surface area contributed by atoms with Crippen LogP contribution in [0.3, 0.4) is 0 Å². The molecule has 0 saturated carbocycles. The Hall–Kier alpha value is -2.58. The Kier molecular flexibility index (Phi) is 9.52. The third-order valence-corrected chi connectivity index (χ3v) is 11.1. The normalized spacial score (nSPS) is 12.9. The van der Waals surface area contributed by atoms with E-state index in [0.29, 0.717) is 42.9 Å². The van der Waals surface area contributed by atoms with Gasteiger partial charge >= 0.3 is 6.09 Å². The van der Waals surface area contributed by atoms with Gasteiger partial charge < -0.3 is 25.5 Å². The zero-order valence-corrected chi connectivity index (χ0v) is 22.3. The van der Waals surface area contributed by atoms with Crippen molar-refractivity contribution in [3.05, 3.63) is 59.4 Å². The SMILES string of the molecule is CN(Cc1ccccc1)c1cc(F)cc(C(CCCCNC(=O)O)O[Si](C)(C)C(C)(C)C)c1N. The van der Waals surface area contributed by atoms with Crippen molar-refractivity contribution in [3.63, 3.8) is 0 Å². The number of nitrogen functional groups attached to an aromatic ring is 1. The molecule has 0 bridgehead atoms. The van der Waals surface area contributed by atoms with Gasteiger partial charge in [-0.15, -0.1) is 0 Å². The summed E-state index contributed by atoms with van der Waals surface area (Å²) >= 11 is 0. The van der Waals surface area contributed by atoms with Crippen LogP contribution in [0.2, 0.25) is 18.1 Å². The maximum Gasteiger partial charge on any atom is 0.404 e. The molecule has 0 aliphatic rings. The van der Waals surface area contributed by atoms with Crippen molar-refractivity contribution in [1.82, 2.24) is 5.32 Å². The Morgan fingerprint density at radius 2 is 1.85 bits per heavy atom. The van der Waals surface area contributed by atoms with E-state index in [-0.39, 0.29) is 17.0 Å². The van der Waals surface area contributed by atoms with E-state index in [0.717, 1.165) is 12.0 Å². The Morgan fingerprint density at radius 3 is 2.44 bits per heavy atom. The van der Waals surface area contributed by atoms with E-state index >= 15 is 0 Å². The lowest BCUT2D eigenvalue weighted by Crippen LogP contribution is -2.42. The summed E-state index contributed by atoms with van der Waals surface area (Å²) in [4.78, 5) is 12.7. The summed E-state index contributed by atoms with van der Waals surface area (Å²) in [6.07, 6.45) is 0.619. The van der Waals surface area contributed by atoms with Crippen LogP contribution in [-0.2, 0) is 11.0 Å². The highest BCUT2D eigenvalue weighted by atomic mass is 28.4. The van der Waals surface area contributed by atoms with Crippen LogP contribution in [0.1, 0.15) is 57.3 Å². The van der Waals surface area contributed by atoms with Gasteiger partial charge in [-0.2, -0.15) is 0 Å². The van der Waals surface area contributed by atoms with Crippen LogP contribution in [0.25, 0.3) is 0 Å². The number of nitrogens with two attached hydrogens (primary N) is 1. The monoisotopic (exact) mass is 489 g/mol. The van der Waals surface area contributed by atoms with E-state index in [4.69, 9.17) is 15.3 Å². The molecule has 0 aliphatic carbocycles. The first-order chi connectivity index (χ1) is 15.8. The second kappa shape index (κ2) is 11.7. The van der Waals surface area contributed by atoms with E-state index in [9.17, 15) is 9.18 Å². The number of carboxylic acid groups (broad SMARTS) is 1. The topological polar surface area (TPSA) is 87.8 Å². The largest absolute Gasteiger partial charge is 0.465 e. The summed E-state index contributed by atoms with van der Waals surface area (Å²) in [5, 5.41) is 11.2. The zero-order chi connectivity index (χ0) is 25.5. The Bertz CT molecular complexity index is 948. The first kappa shape index (κ1) is 27.7. The van der Waals surface area contributed by atoms with Crippen molar-refractivity contribution in [2.45, 2.75) is 70.8 Å². The molecule has 0 heterocycles. The van der Waals surface area contributed by atoms with Gasteiger partial charge in [0, 0.05) is 25.7 Å². The van der Waals surface area contributed by atoms with Crippen molar-refractivity contribution >= 4 is 25.8 Å². The van der Waals surface area contributed by atoms with Crippen molar-refractivity contribution in [2.24, 2.45) is 0 Å². The Labute approximate surface area is 204 Å². The molecule has 0 spiro atoms. The molecule has 1 unspecified atom stereocenters. The number of anilines is 2. The van der Waals surface area contributed by atoms with Gasteiger partial charge in [0.2, 0.25) is 0 Å². The van der Waals surface area contributed by atoms with Crippen molar-refractivity contribution in [1.29, 1.82) is 0 Å². The highest BCUT2D eigenvalue weighted by molar-refractivity contribution is 6.74. The minimum atomic E-state index is -2.18. The molecule has 2 rings (SSSR count). The van der Waals surface area contributed by atoms with E-state index in [1.807, 2.05) is 42.3 Å². The standard InChI is InChI=1S/C26H40FN3O3Si/c1-26(2,3)34(5,6)33-23(14-10-11-15-29-25(31)32)21-16-20(27)17-22(24(21)28)30(4)18-19-12-8-7-9-13-19/h7-9,12-13,16-17,23,29H,10-11,14-15,18,28H2,1-6H3,(H,31,32). The smallest absolute Gasteiger partial charge is 0.404 e. The first-order valence-corrected chi connectivity index (χ1v) is 14.7. The Balaban J connectivity index is 2.34. The van der Waals surface area contributed by atoms with E-state index < -0.39 is 14.4 Å². The molecule has 0 radical (unpaired) electrons. The van der Waals surface area contributed by atoms with Crippen molar-refractivity contribution < 1.29 is 18.7 Å². The number of benzene rings is 2. The molecule has 8 heteroatoms. The van der Waals surface area contributed by atoms with Crippen LogP contribution < -0.4 is 16.0 Å². The fourth-order valence-electron chi connectivity index (χ4n) is 3.61. The second-order valence-corrected chi connectivity index (χ2v) is 15.1. The summed E-state index contributed by atoms with van der Waals surface area (Å²) in [5.74, 6) is -0.351. The summed E-state index contributed by atoms with van der Waals surface area (Å²) in [6.45, 7) is 11.8. The number of rotatable bonds is 11. The molecule has 0 aliphatic heterocycles. The van der Waals surface area contributed by atoms with Crippen molar-refractivity contribution in [2.75, 3.05) is 24.2 Å². The summed E-state index contributed by atoms with van der Waals surface area (Å²) < 4.78 is 21.6. The second-order valence-electron chi connectivity index (χ2n) is 10.4. The molecular formula is C26H40FN3O3Si. The van der Waals surface area contributed by atoms with Gasteiger partial charge in [0.15, 0.2) is 8.32 Å². The molecule has 2 aromatic carbocycles. The third kappa shape index (κ3) is 7.74. The molecule has 34 heavy (non-hydrogen) atoms. The number of carbonyl (C=O) groups is 1. The van der Waals surface area contributed by atoms with Crippen LogP contribution in [-0.4, -0.2) is 33.1 Å². The van der Waals surface area contributed by atoms with Crippen LogP contribution in [0.15, 0.2) is 42.5 Å². The first-order valence-electron chi connectivity index (χ1n) is 11.8. The van der Waals surface area contributed by atoms with Gasteiger partial charge in [-0.05, 0) is 55.1 Å². The summed E-state index contributed by atoms with van der Waals surface area (Å²) in [5.41, 5.74) is 9.56. The fourth-order valence-corrected chi connectivity index (χ4v) is 4.92. The lowest BCUT2D eigenvalue weighted by atomic mass is 10.00. The molecule has 6 nitrogen and oxygen atoms in total. The zero-order valence-electron chi connectivity index (χ0n) is 21.3. The van der Waals surface area contributed by atoms with E-state index in [1.165, 1.54) is 12.1 Å². The minimum absolute atomic E-state index is 0.0227. The molecule has 188 valence electrons. The van der Waals surface area contributed by atoms with E-state index in [2.05, 4.69) is 39.2 Å². The lowest BCUT2D eigenvalue weighted by molar-refractivity contribution is 0.169. The van der Waals surface area contributed by atoms with Crippen LogP contribution in [0.5, 0.6) is 0 Å².